The van der Waals surface area contributed by atoms with Crippen LogP contribution in [0, 0.1) is 13.8 Å². The number of anilines is 1. The van der Waals surface area contributed by atoms with E-state index in [9.17, 15) is 14.4 Å². The number of methoxy groups -OCH3 is 1. The molecule has 3 N–H and O–H groups in total. The number of hydrogen-bond acceptors (Lipinski definition) is 10. The van der Waals surface area contributed by atoms with Crippen molar-refractivity contribution < 1.29 is 28.6 Å². The van der Waals surface area contributed by atoms with Gasteiger partial charge in [-0.3, -0.25) is 0 Å². The van der Waals surface area contributed by atoms with Gasteiger partial charge in [-0.1, -0.05) is 6.92 Å². The monoisotopic (exact) mass is 460 g/mol. The number of ether oxygens (including phenoxy) is 3. The summed E-state index contributed by atoms with van der Waals surface area (Å²) in [4.78, 5) is 49.3. The third kappa shape index (κ3) is 4.15. The van der Waals surface area contributed by atoms with Crippen LogP contribution in [0.1, 0.15) is 67.0 Å². The van der Waals surface area contributed by atoms with E-state index in [-0.39, 0.29) is 30.5 Å². The minimum Gasteiger partial charge on any atom is -0.465 e. The number of rotatable bonds is 7. The molecule has 3 heterocycles. The number of nitrogens with one attached hydrogen (secondary N) is 1. The predicted octanol–water partition coefficient (Wildman–Crippen LogP) is 3.10. The minimum atomic E-state index is -0.663. The standard InChI is InChI=1S/C21H24N4O6S/c1-6-11-13(19(26)29-5)9(3)15(23-11)20(27)31-8-12-24-17(22)14-10(4)16(21(28)30-7-2)32-18(14)25-12/h23H,6-8H2,1-5H3,(H2,22,24,25). The predicted molar refractivity (Wildman–Crippen MR) is 118 cm³/mol. The van der Waals surface area contributed by atoms with Crippen molar-refractivity contribution in [3.63, 3.8) is 0 Å². The number of aromatic nitrogens is 3. The molecule has 32 heavy (non-hydrogen) atoms. The van der Waals surface area contributed by atoms with Crippen LogP contribution in [0.3, 0.4) is 0 Å². The molecule has 0 fully saturated rings. The third-order valence-corrected chi connectivity index (χ3v) is 6.10. The molecule has 0 saturated heterocycles. The first-order valence-electron chi connectivity index (χ1n) is 9.92. The molecular formula is C21H24N4O6S. The molecule has 3 aromatic rings. The van der Waals surface area contributed by atoms with Crippen LogP contribution >= 0.6 is 11.3 Å². The van der Waals surface area contributed by atoms with Crippen molar-refractivity contribution >= 4 is 45.3 Å². The average molecular weight is 461 g/mol. The van der Waals surface area contributed by atoms with E-state index in [0.29, 0.717) is 43.9 Å². The maximum absolute atomic E-state index is 12.6. The van der Waals surface area contributed by atoms with Crippen LogP contribution in [-0.4, -0.2) is 46.6 Å². The van der Waals surface area contributed by atoms with Gasteiger partial charge in [-0.15, -0.1) is 11.3 Å². The SMILES string of the molecule is CCOC(=O)c1sc2nc(COC(=O)c3[nH]c(CC)c(C(=O)OC)c3C)nc(N)c2c1C. The number of hydrogen-bond donors (Lipinski definition) is 2. The van der Waals surface area contributed by atoms with E-state index < -0.39 is 17.9 Å². The summed E-state index contributed by atoms with van der Waals surface area (Å²) in [5.41, 5.74) is 8.25. The Hall–Kier alpha value is -3.47. The fraction of sp³-hybridized carbons (Fsp3) is 0.381. The van der Waals surface area contributed by atoms with Crippen LogP contribution in [0.25, 0.3) is 10.2 Å². The molecule has 0 aliphatic rings. The van der Waals surface area contributed by atoms with Gasteiger partial charge in [0.15, 0.2) is 12.4 Å². The summed E-state index contributed by atoms with van der Waals surface area (Å²) < 4.78 is 15.2. The zero-order chi connectivity index (χ0) is 23.6. The highest BCUT2D eigenvalue weighted by molar-refractivity contribution is 7.20. The fourth-order valence-corrected chi connectivity index (χ4v) is 4.48. The molecule has 3 aromatic heterocycles. The Balaban J connectivity index is 1.85. The number of nitrogen functional groups attached to an aromatic ring is 1. The lowest BCUT2D eigenvalue weighted by atomic mass is 10.1. The maximum Gasteiger partial charge on any atom is 0.355 e. The van der Waals surface area contributed by atoms with Crippen molar-refractivity contribution in [2.75, 3.05) is 19.5 Å². The fourth-order valence-electron chi connectivity index (χ4n) is 3.38. The normalized spacial score (nSPS) is 10.9. The first-order valence-corrected chi connectivity index (χ1v) is 10.7. The molecule has 0 aliphatic carbocycles. The van der Waals surface area contributed by atoms with Crippen LogP contribution in [0.5, 0.6) is 0 Å². The first-order chi connectivity index (χ1) is 15.2. The summed E-state index contributed by atoms with van der Waals surface area (Å²) >= 11 is 1.14. The van der Waals surface area contributed by atoms with Gasteiger partial charge < -0.3 is 24.9 Å². The number of H-pyrrole nitrogens is 1. The lowest BCUT2D eigenvalue weighted by Crippen LogP contribution is -2.10. The smallest absolute Gasteiger partial charge is 0.355 e. The Morgan fingerprint density at radius 2 is 1.75 bits per heavy atom. The number of thiophene rings is 1. The van der Waals surface area contributed by atoms with Crippen molar-refractivity contribution in [2.24, 2.45) is 0 Å². The van der Waals surface area contributed by atoms with Crippen molar-refractivity contribution in [3.8, 4) is 0 Å². The van der Waals surface area contributed by atoms with E-state index in [4.69, 9.17) is 19.9 Å². The molecule has 10 nitrogen and oxygen atoms in total. The molecule has 11 heteroatoms. The summed E-state index contributed by atoms with van der Waals surface area (Å²) in [5.74, 6) is -1.27. The third-order valence-electron chi connectivity index (χ3n) is 4.93. The number of nitrogens with zero attached hydrogens (tertiary/aromatic N) is 2. The van der Waals surface area contributed by atoms with Gasteiger partial charge in [-0.05, 0) is 38.3 Å². The number of carbonyl (C=O) groups excluding carboxylic acids is 3. The molecule has 0 bridgehead atoms. The lowest BCUT2D eigenvalue weighted by molar-refractivity contribution is 0.0454. The zero-order valence-corrected chi connectivity index (χ0v) is 19.3. The maximum atomic E-state index is 12.6. The molecule has 0 spiro atoms. The number of aryl methyl sites for hydroxylation is 2. The summed E-state index contributed by atoms with van der Waals surface area (Å²) in [6.45, 7) is 6.99. The molecule has 0 atom stereocenters. The second-order valence-corrected chi connectivity index (χ2v) is 7.88. The van der Waals surface area contributed by atoms with Crippen molar-refractivity contribution in [1.29, 1.82) is 0 Å². The second-order valence-electron chi connectivity index (χ2n) is 6.88. The number of fused-ring (bicyclic) bond motifs is 1. The van der Waals surface area contributed by atoms with E-state index in [2.05, 4.69) is 15.0 Å². The highest BCUT2D eigenvalue weighted by Crippen LogP contribution is 2.33. The van der Waals surface area contributed by atoms with E-state index >= 15 is 0 Å². The second kappa shape index (κ2) is 9.35. The molecule has 0 aromatic carbocycles. The van der Waals surface area contributed by atoms with E-state index in [1.165, 1.54) is 7.11 Å². The van der Waals surface area contributed by atoms with Gasteiger partial charge in [0.2, 0.25) is 0 Å². The van der Waals surface area contributed by atoms with Crippen LogP contribution in [0.2, 0.25) is 0 Å². The number of carbonyl (C=O) groups is 3. The molecule has 3 rings (SSSR count). The van der Waals surface area contributed by atoms with Gasteiger partial charge in [-0.2, -0.15) is 0 Å². The van der Waals surface area contributed by atoms with E-state index in [1.807, 2.05) is 6.92 Å². The highest BCUT2D eigenvalue weighted by atomic mass is 32.1. The number of nitrogens with two attached hydrogens (primary N) is 1. The molecule has 0 aliphatic heterocycles. The van der Waals surface area contributed by atoms with Crippen LogP contribution in [0.15, 0.2) is 0 Å². The molecule has 0 amide bonds. The van der Waals surface area contributed by atoms with Crippen LogP contribution < -0.4 is 5.73 Å². The van der Waals surface area contributed by atoms with Gasteiger partial charge in [-0.25, -0.2) is 24.4 Å². The summed E-state index contributed by atoms with van der Waals surface area (Å²) in [6, 6.07) is 0. The van der Waals surface area contributed by atoms with Crippen molar-refractivity contribution in [3.05, 3.63) is 38.8 Å². The largest absolute Gasteiger partial charge is 0.465 e. The van der Waals surface area contributed by atoms with Crippen molar-refractivity contribution in [2.45, 2.75) is 40.7 Å². The Morgan fingerprint density at radius 3 is 2.38 bits per heavy atom. The molecule has 0 radical (unpaired) electrons. The van der Waals surface area contributed by atoms with Gasteiger partial charge in [0, 0.05) is 5.69 Å². The van der Waals surface area contributed by atoms with Gasteiger partial charge >= 0.3 is 17.9 Å². The van der Waals surface area contributed by atoms with E-state index in [1.54, 1.807) is 20.8 Å². The Bertz CT molecular complexity index is 1210. The molecule has 0 saturated carbocycles. The Labute approximate surface area is 188 Å². The van der Waals surface area contributed by atoms with Gasteiger partial charge in [0.1, 0.15) is 21.2 Å². The quantitative estimate of drug-likeness (QED) is 0.401. The lowest BCUT2D eigenvalue weighted by Gasteiger charge is -2.05. The minimum absolute atomic E-state index is 0.160. The number of aromatic amines is 1. The van der Waals surface area contributed by atoms with E-state index in [0.717, 1.165) is 11.3 Å². The zero-order valence-electron chi connectivity index (χ0n) is 18.5. The van der Waals surface area contributed by atoms with Crippen molar-refractivity contribution in [1.82, 2.24) is 15.0 Å². The molecule has 0 unspecified atom stereocenters. The van der Waals surface area contributed by atoms with Crippen LogP contribution in [0.4, 0.5) is 5.82 Å². The first kappa shape index (κ1) is 23.2. The Kier molecular flexibility index (Phi) is 6.78. The van der Waals surface area contributed by atoms with Gasteiger partial charge in [0.05, 0.1) is 24.7 Å². The summed E-state index contributed by atoms with van der Waals surface area (Å²) in [5, 5.41) is 0.573. The van der Waals surface area contributed by atoms with Crippen LogP contribution in [-0.2, 0) is 27.2 Å². The average Bonchev–Trinajstić information content (AvgIpc) is 3.28. The molecular weight excluding hydrogens is 436 g/mol. The topological polar surface area (TPSA) is 146 Å². The number of esters is 3. The van der Waals surface area contributed by atoms with Gasteiger partial charge in [0.25, 0.3) is 0 Å². The Morgan fingerprint density at radius 1 is 1.03 bits per heavy atom. The summed E-state index contributed by atoms with van der Waals surface area (Å²) in [7, 11) is 1.28. The molecule has 170 valence electrons. The highest BCUT2D eigenvalue weighted by Gasteiger charge is 2.25. The summed E-state index contributed by atoms with van der Waals surface area (Å²) in [6.07, 6.45) is 0.509.